The Balaban J connectivity index is 1.67. The Morgan fingerprint density at radius 3 is 2.71 bits per heavy atom. The van der Waals surface area contributed by atoms with E-state index in [9.17, 15) is 9.18 Å². The second-order valence-corrected chi connectivity index (χ2v) is 7.01. The van der Waals surface area contributed by atoms with E-state index in [1.807, 2.05) is 30.3 Å². The lowest BCUT2D eigenvalue weighted by atomic mass is 9.94. The van der Waals surface area contributed by atoms with Gasteiger partial charge < -0.3 is 19.5 Å². The summed E-state index contributed by atoms with van der Waals surface area (Å²) in [5.74, 6) is -0.311. The lowest BCUT2D eigenvalue weighted by molar-refractivity contribution is -0.124. The molecule has 2 aromatic rings. The van der Waals surface area contributed by atoms with Gasteiger partial charge in [-0.15, -0.1) is 0 Å². The minimum Gasteiger partial charge on any atom is -0.494 e. The number of benzene rings is 2. The lowest BCUT2D eigenvalue weighted by Crippen LogP contribution is -2.43. The van der Waals surface area contributed by atoms with Crippen LogP contribution in [-0.2, 0) is 20.9 Å². The topological polar surface area (TPSA) is 56.8 Å². The summed E-state index contributed by atoms with van der Waals surface area (Å²) in [5, 5.41) is 2.98. The molecule has 1 saturated heterocycles. The van der Waals surface area contributed by atoms with Crippen LogP contribution in [0.15, 0.2) is 48.5 Å². The summed E-state index contributed by atoms with van der Waals surface area (Å²) in [6.07, 6.45) is 0.841. The van der Waals surface area contributed by atoms with E-state index >= 15 is 0 Å². The van der Waals surface area contributed by atoms with Crippen LogP contribution in [0.5, 0.6) is 5.75 Å². The maximum Gasteiger partial charge on any atom is 0.217 e. The standard InChI is InChI=1S/C22H26FNO4/c1-15(25)24-18-11-19(14-27-13-16-6-4-3-5-7-16)28-21(12-18)17-8-9-20(23)22(10-17)26-2/h3-10,18-19,21H,11-14H2,1-2H3,(H,24,25)/t18-,19-,21+/m1/s1. The zero-order valence-electron chi connectivity index (χ0n) is 16.2. The number of carbonyl (C=O) groups excluding carboxylic acids is 1. The third kappa shape index (κ3) is 5.53. The molecule has 1 N–H and O–H groups in total. The molecule has 3 atom stereocenters. The van der Waals surface area contributed by atoms with Crippen molar-refractivity contribution in [1.82, 2.24) is 5.32 Å². The Labute approximate surface area is 164 Å². The number of nitrogens with one attached hydrogen (secondary N) is 1. The first kappa shape index (κ1) is 20.3. The SMILES string of the molecule is COc1cc([C@@H]2C[C@H](NC(C)=O)C[C@H](COCc3ccccc3)O2)ccc1F. The van der Waals surface area contributed by atoms with Crippen molar-refractivity contribution in [2.45, 2.75) is 44.6 Å². The predicted molar refractivity (Wildman–Crippen MR) is 104 cm³/mol. The summed E-state index contributed by atoms with van der Waals surface area (Å²) in [4.78, 5) is 11.6. The number of hydrogen-bond donors (Lipinski definition) is 1. The third-order valence-corrected chi connectivity index (χ3v) is 4.77. The quantitative estimate of drug-likeness (QED) is 0.786. The first-order chi connectivity index (χ1) is 13.5. The van der Waals surface area contributed by atoms with Gasteiger partial charge in [0.1, 0.15) is 0 Å². The van der Waals surface area contributed by atoms with Gasteiger partial charge in [0.2, 0.25) is 5.91 Å². The number of rotatable bonds is 7. The molecule has 1 fully saturated rings. The van der Waals surface area contributed by atoms with Crippen LogP contribution >= 0.6 is 0 Å². The fourth-order valence-corrected chi connectivity index (χ4v) is 3.50. The summed E-state index contributed by atoms with van der Waals surface area (Å²) in [6.45, 7) is 2.42. The van der Waals surface area contributed by atoms with Gasteiger partial charge in [0.05, 0.1) is 32.5 Å². The molecule has 3 rings (SSSR count). The van der Waals surface area contributed by atoms with Crippen LogP contribution in [0.4, 0.5) is 4.39 Å². The fourth-order valence-electron chi connectivity index (χ4n) is 3.50. The van der Waals surface area contributed by atoms with Crippen LogP contribution < -0.4 is 10.1 Å². The number of hydrogen-bond acceptors (Lipinski definition) is 4. The van der Waals surface area contributed by atoms with E-state index in [2.05, 4.69) is 5.32 Å². The molecular weight excluding hydrogens is 361 g/mol. The van der Waals surface area contributed by atoms with Crippen molar-refractivity contribution >= 4 is 5.91 Å². The Hall–Kier alpha value is -2.44. The number of ether oxygens (including phenoxy) is 3. The second-order valence-electron chi connectivity index (χ2n) is 7.01. The van der Waals surface area contributed by atoms with Crippen molar-refractivity contribution in [2.24, 2.45) is 0 Å². The van der Waals surface area contributed by atoms with E-state index < -0.39 is 5.82 Å². The van der Waals surface area contributed by atoms with Gasteiger partial charge >= 0.3 is 0 Å². The van der Waals surface area contributed by atoms with Crippen molar-refractivity contribution in [3.05, 3.63) is 65.5 Å². The van der Waals surface area contributed by atoms with Gasteiger partial charge in [-0.1, -0.05) is 36.4 Å². The van der Waals surface area contributed by atoms with Crippen LogP contribution in [0.1, 0.15) is 37.0 Å². The monoisotopic (exact) mass is 387 g/mol. The summed E-state index contributed by atoms with van der Waals surface area (Å²) in [7, 11) is 1.43. The van der Waals surface area contributed by atoms with Gasteiger partial charge in [0.15, 0.2) is 11.6 Å². The predicted octanol–water partition coefficient (Wildman–Crippen LogP) is 3.78. The van der Waals surface area contributed by atoms with E-state index in [0.717, 1.165) is 11.1 Å². The zero-order valence-corrected chi connectivity index (χ0v) is 16.2. The first-order valence-corrected chi connectivity index (χ1v) is 9.43. The molecule has 28 heavy (non-hydrogen) atoms. The molecule has 1 aliphatic rings. The number of amides is 1. The Morgan fingerprint density at radius 2 is 2.00 bits per heavy atom. The molecule has 0 aromatic heterocycles. The average molecular weight is 387 g/mol. The van der Waals surface area contributed by atoms with Crippen molar-refractivity contribution in [1.29, 1.82) is 0 Å². The van der Waals surface area contributed by atoms with Crippen LogP contribution in [0.2, 0.25) is 0 Å². The molecule has 0 radical (unpaired) electrons. The van der Waals surface area contributed by atoms with Gasteiger partial charge in [0, 0.05) is 13.0 Å². The van der Waals surface area contributed by atoms with Crippen LogP contribution in [0.3, 0.4) is 0 Å². The Bertz CT molecular complexity index is 783. The molecule has 0 bridgehead atoms. The smallest absolute Gasteiger partial charge is 0.217 e. The molecule has 2 aromatic carbocycles. The average Bonchev–Trinajstić information content (AvgIpc) is 2.68. The summed E-state index contributed by atoms with van der Waals surface area (Å²) >= 11 is 0. The fraction of sp³-hybridized carbons (Fsp3) is 0.409. The van der Waals surface area contributed by atoms with Gasteiger partial charge in [0.25, 0.3) is 0 Å². The lowest BCUT2D eigenvalue weighted by Gasteiger charge is -2.36. The third-order valence-electron chi connectivity index (χ3n) is 4.77. The van der Waals surface area contributed by atoms with Crippen molar-refractivity contribution in [3.8, 4) is 5.75 Å². The van der Waals surface area contributed by atoms with E-state index in [4.69, 9.17) is 14.2 Å². The molecule has 5 nitrogen and oxygen atoms in total. The highest BCUT2D eigenvalue weighted by molar-refractivity contribution is 5.73. The molecule has 0 unspecified atom stereocenters. The van der Waals surface area contributed by atoms with Crippen LogP contribution in [-0.4, -0.2) is 31.8 Å². The van der Waals surface area contributed by atoms with Crippen LogP contribution in [0.25, 0.3) is 0 Å². The summed E-state index contributed by atoms with van der Waals surface area (Å²) < 4.78 is 30.9. The maximum absolute atomic E-state index is 13.7. The van der Waals surface area contributed by atoms with Crippen LogP contribution in [0, 0.1) is 5.82 Å². The Morgan fingerprint density at radius 1 is 1.21 bits per heavy atom. The molecule has 0 spiro atoms. The van der Waals surface area contributed by atoms with Crippen molar-refractivity contribution < 1.29 is 23.4 Å². The molecule has 0 saturated carbocycles. The maximum atomic E-state index is 13.7. The number of methoxy groups -OCH3 is 1. The summed E-state index contributed by atoms with van der Waals surface area (Å²) in [6, 6.07) is 14.6. The molecule has 0 aliphatic carbocycles. The van der Waals surface area contributed by atoms with E-state index in [-0.39, 0.29) is 29.9 Å². The highest BCUT2D eigenvalue weighted by Crippen LogP contribution is 2.34. The minimum absolute atomic E-state index is 0.0300. The van der Waals surface area contributed by atoms with E-state index in [0.29, 0.717) is 26.1 Å². The largest absolute Gasteiger partial charge is 0.494 e. The summed E-state index contributed by atoms with van der Waals surface area (Å²) in [5.41, 5.74) is 1.91. The number of halogens is 1. The minimum atomic E-state index is -0.414. The van der Waals surface area contributed by atoms with Crippen molar-refractivity contribution in [2.75, 3.05) is 13.7 Å². The van der Waals surface area contributed by atoms with Crippen molar-refractivity contribution in [3.63, 3.8) is 0 Å². The highest BCUT2D eigenvalue weighted by atomic mass is 19.1. The van der Waals surface area contributed by atoms with Gasteiger partial charge in [-0.2, -0.15) is 0 Å². The van der Waals surface area contributed by atoms with E-state index in [1.54, 1.807) is 12.1 Å². The number of carbonyl (C=O) groups is 1. The molecule has 1 aliphatic heterocycles. The first-order valence-electron chi connectivity index (χ1n) is 9.43. The molecular formula is C22H26FNO4. The zero-order chi connectivity index (χ0) is 19.9. The molecule has 150 valence electrons. The highest BCUT2D eigenvalue weighted by Gasteiger charge is 2.31. The van der Waals surface area contributed by atoms with Gasteiger partial charge in [-0.25, -0.2) is 4.39 Å². The van der Waals surface area contributed by atoms with E-state index in [1.165, 1.54) is 20.1 Å². The van der Waals surface area contributed by atoms with Gasteiger partial charge in [-0.3, -0.25) is 4.79 Å². The normalized spacial score (nSPS) is 21.9. The molecule has 1 heterocycles. The van der Waals surface area contributed by atoms with Gasteiger partial charge in [-0.05, 0) is 36.1 Å². The molecule has 6 heteroatoms. The Kier molecular flexibility index (Phi) is 7.01. The molecule has 1 amide bonds. The second kappa shape index (κ2) is 9.66.